The van der Waals surface area contributed by atoms with Gasteiger partial charge in [0.25, 0.3) is 0 Å². The predicted molar refractivity (Wildman–Crippen MR) is 53.4 cm³/mol. The Balaban J connectivity index is 1.96. The molecule has 1 aliphatic rings. The molecule has 1 rings (SSSR count). The Morgan fingerprint density at radius 2 is 2.09 bits per heavy atom. The van der Waals surface area contributed by atoms with Crippen LogP contribution in [-0.2, 0) is 0 Å². The lowest BCUT2D eigenvalue weighted by Gasteiger charge is -2.19. The summed E-state index contributed by atoms with van der Waals surface area (Å²) in [4.78, 5) is 0. The maximum absolute atomic E-state index is 2.42. The van der Waals surface area contributed by atoms with Gasteiger partial charge in [-0.2, -0.15) is 11.8 Å². The van der Waals surface area contributed by atoms with Crippen molar-refractivity contribution in [2.75, 3.05) is 5.75 Å². The molecule has 0 aromatic carbocycles. The van der Waals surface area contributed by atoms with Crippen LogP contribution in [0.4, 0.5) is 0 Å². The smallest absolute Gasteiger partial charge is 0.0306 e. The fourth-order valence-corrected chi connectivity index (χ4v) is 2.55. The molecule has 0 N–H and O–H groups in total. The molecule has 1 saturated carbocycles. The van der Waals surface area contributed by atoms with Gasteiger partial charge in [0.05, 0.1) is 0 Å². The van der Waals surface area contributed by atoms with Crippen molar-refractivity contribution < 1.29 is 0 Å². The second kappa shape index (κ2) is 5.93. The van der Waals surface area contributed by atoms with Crippen LogP contribution in [0.3, 0.4) is 0 Å². The molecule has 1 fully saturated rings. The lowest BCUT2D eigenvalue weighted by molar-refractivity contribution is 0.692. The molecule has 0 atom stereocenters. The van der Waals surface area contributed by atoms with E-state index in [4.69, 9.17) is 0 Å². The Bertz CT molecular complexity index is 84.9. The summed E-state index contributed by atoms with van der Waals surface area (Å²) in [5.41, 5.74) is 0. The SMILES string of the molecule is CCCCS[C]1CC[CH]CC1. The minimum atomic E-state index is 1.33. The Hall–Kier alpha value is 0.350. The fraction of sp³-hybridized carbons (Fsp3) is 0.800. The van der Waals surface area contributed by atoms with Crippen LogP contribution in [0, 0.1) is 11.7 Å². The summed E-state index contributed by atoms with van der Waals surface area (Å²) in [6.07, 6.45) is 10.5. The standard InChI is InChI=1S/C10H18S/c1-2-3-9-11-10-7-5-4-6-8-10/h4H,2-3,5-9H2,1H3. The lowest BCUT2D eigenvalue weighted by atomic mass is 10.0. The van der Waals surface area contributed by atoms with E-state index in [9.17, 15) is 0 Å². The van der Waals surface area contributed by atoms with Crippen molar-refractivity contribution in [3.63, 3.8) is 0 Å². The first-order valence-electron chi connectivity index (χ1n) is 4.72. The third kappa shape index (κ3) is 4.05. The number of hydrogen-bond donors (Lipinski definition) is 0. The van der Waals surface area contributed by atoms with Crippen molar-refractivity contribution in [3.8, 4) is 0 Å². The van der Waals surface area contributed by atoms with E-state index >= 15 is 0 Å². The molecule has 64 valence electrons. The first kappa shape index (κ1) is 9.44. The Morgan fingerprint density at radius 3 is 2.73 bits per heavy atom. The monoisotopic (exact) mass is 170 g/mol. The van der Waals surface area contributed by atoms with Gasteiger partial charge < -0.3 is 0 Å². The van der Waals surface area contributed by atoms with Crippen LogP contribution in [0.5, 0.6) is 0 Å². The summed E-state index contributed by atoms with van der Waals surface area (Å²) in [6.45, 7) is 2.26. The highest BCUT2D eigenvalue weighted by Gasteiger charge is 2.13. The van der Waals surface area contributed by atoms with Gasteiger partial charge >= 0.3 is 0 Å². The molecular formula is C10H18S. The van der Waals surface area contributed by atoms with Gasteiger partial charge in [-0.1, -0.05) is 13.3 Å². The van der Waals surface area contributed by atoms with Crippen LogP contribution in [0.1, 0.15) is 45.4 Å². The van der Waals surface area contributed by atoms with E-state index in [0.717, 1.165) is 0 Å². The van der Waals surface area contributed by atoms with Crippen molar-refractivity contribution in [3.05, 3.63) is 11.7 Å². The highest BCUT2D eigenvalue weighted by Crippen LogP contribution is 2.34. The molecule has 0 heterocycles. The maximum Gasteiger partial charge on any atom is 0.0306 e. The van der Waals surface area contributed by atoms with E-state index in [2.05, 4.69) is 25.1 Å². The van der Waals surface area contributed by atoms with E-state index in [-0.39, 0.29) is 0 Å². The van der Waals surface area contributed by atoms with Crippen molar-refractivity contribution in [2.24, 2.45) is 0 Å². The van der Waals surface area contributed by atoms with Crippen LogP contribution >= 0.6 is 11.8 Å². The fourth-order valence-electron chi connectivity index (χ4n) is 1.30. The Labute approximate surface area is 75.1 Å². The topological polar surface area (TPSA) is 0 Å². The van der Waals surface area contributed by atoms with Crippen LogP contribution < -0.4 is 0 Å². The zero-order chi connectivity index (χ0) is 7.94. The molecule has 0 aromatic heterocycles. The van der Waals surface area contributed by atoms with E-state index in [1.165, 1.54) is 44.3 Å². The second-order valence-electron chi connectivity index (χ2n) is 3.11. The molecule has 0 nitrogen and oxygen atoms in total. The number of thioether (sulfide) groups is 1. The molecule has 0 saturated heterocycles. The third-order valence-corrected chi connectivity index (χ3v) is 3.37. The Kier molecular flexibility index (Phi) is 5.09. The highest BCUT2D eigenvalue weighted by molar-refractivity contribution is 8.02. The average Bonchev–Trinajstić information content (AvgIpc) is 2.07. The van der Waals surface area contributed by atoms with Gasteiger partial charge in [0.1, 0.15) is 0 Å². The van der Waals surface area contributed by atoms with Crippen LogP contribution in [-0.4, -0.2) is 5.75 Å². The van der Waals surface area contributed by atoms with Gasteiger partial charge in [-0.25, -0.2) is 0 Å². The summed E-state index contributed by atoms with van der Waals surface area (Å²) >= 11 is 2.12. The van der Waals surface area contributed by atoms with Gasteiger partial charge in [-0.15, -0.1) is 0 Å². The normalized spacial score (nSPS) is 20.5. The zero-order valence-corrected chi connectivity index (χ0v) is 8.25. The van der Waals surface area contributed by atoms with Crippen molar-refractivity contribution in [2.45, 2.75) is 45.4 Å². The quantitative estimate of drug-likeness (QED) is 0.578. The van der Waals surface area contributed by atoms with Gasteiger partial charge in [-0.3, -0.25) is 0 Å². The van der Waals surface area contributed by atoms with Gasteiger partial charge in [0, 0.05) is 5.25 Å². The summed E-state index contributed by atoms with van der Waals surface area (Å²) < 4.78 is 0. The van der Waals surface area contributed by atoms with Crippen molar-refractivity contribution in [1.82, 2.24) is 0 Å². The molecule has 0 aliphatic heterocycles. The maximum atomic E-state index is 2.42. The largest absolute Gasteiger partial charge is 0.154 e. The lowest BCUT2D eigenvalue weighted by Crippen LogP contribution is -2.00. The molecule has 1 aliphatic carbocycles. The molecule has 0 aromatic rings. The molecule has 0 bridgehead atoms. The zero-order valence-electron chi connectivity index (χ0n) is 7.44. The minimum Gasteiger partial charge on any atom is -0.154 e. The van der Waals surface area contributed by atoms with E-state index < -0.39 is 0 Å². The van der Waals surface area contributed by atoms with Gasteiger partial charge in [0.2, 0.25) is 0 Å². The van der Waals surface area contributed by atoms with Crippen LogP contribution in [0.15, 0.2) is 0 Å². The third-order valence-electron chi connectivity index (χ3n) is 2.06. The molecule has 1 heteroatoms. The summed E-state index contributed by atoms with van der Waals surface area (Å²) in [5, 5.41) is 1.75. The van der Waals surface area contributed by atoms with E-state index in [0.29, 0.717) is 0 Å². The summed E-state index contributed by atoms with van der Waals surface area (Å²) in [5.74, 6) is 1.35. The average molecular weight is 170 g/mol. The molecule has 0 spiro atoms. The van der Waals surface area contributed by atoms with Crippen LogP contribution in [0.2, 0.25) is 0 Å². The second-order valence-corrected chi connectivity index (χ2v) is 4.38. The number of hydrogen-bond acceptors (Lipinski definition) is 1. The molecule has 0 unspecified atom stereocenters. The van der Waals surface area contributed by atoms with E-state index in [1.807, 2.05) is 0 Å². The van der Waals surface area contributed by atoms with Crippen molar-refractivity contribution >= 4 is 11.8 Å². The summed E-state index contributed by atoms with van der Waals surface area (Å²) in [6, 6.07) is 0. The first-order chi connectivity index (χ1) is 5.43. The van der Waals surface area contributed by atoms with Crippen LogP contribution in [0.25, 0.3) is 0 Å². The highest BCUT2D eigenvalue weighted by atomic mass is 32.2. The molecular weight excluding hydrogens is 152 g/mol. The Morgan fingerprint density at radius 1 is 1.36 bits per heavy atom. The van der Waals surface area contributed by atoms with Crippen molar-refractivity contribution in [1.29, 1.82) is 0 Å². The summed E-state index contributed by atoms with van der Waals surface area (Å²) in [7, 11) is 0. The first-order valence-corrected chi connectivity index (χ1v) is 5.71. The predicted octanol–water partition coefficient (Wildman–Crippen LogP) is 3.83. The molecule has 2 radical (unpaired) electrons. The number of unbranched alkanes of at least 4 members (excludes halogenated alkanes) is 1. The van der Waals surface area contributed by atoms with E-state index in [1.54, 1.807) is 5.25 Å². The van der Waals surface area contributed by atoms with Gasteiger partial charge in [0.15, 0.2) is 0 Å². The minimum absolute atomic E-state index is 1.33. The van der Waals surface area contributed by atoms with Gasteiger partial charge in [-0.05, 0) is 44.3 Å². The molecule has 0 amide bonds. The number of rotatable bonds is 4. The molecule has 11 heavy (non-hydrogen) atoms.